The predicted octanol–water partition coefficient (Wildman–Crippen LogP) is 2.86. The van der Waals surface area contributed by atoms with Crippen LogP contribution in [0.1, 0.15) is 29.8 Å². The summed E-state index contributed by atoms with van der Waals surface area (Å²) in [5, 5.41) is 0.312. The minimum atomic E-state index is -4.51. The summed E-state index contributed by atoms with van der Waals surface area (Å²) in [6.07, 6.45) is -4.51. The van der Waals surface area contributed by atoms with E-state index in [1.165, 1.54) is 12.1 Å². The number of H-pyrrole nitrogens is 1. The minimum absolute atomic E-state index is 0.00414. The number of rotatable bonds is 4. The number of carbonyl (C=O) groups excluding carboxylic acids is 1. The van der Waals surface area contributed by atoms with Gasteiger partial charge in [-0.25, -0.2) is 5.48 Å². The van der Waals surface area contributed by atoms with Crippen LogP contribution in [0.4, 0.5) is 13.2 Å². The Labute approximate surface area is 129 Å². The van der Waals surface area contributed by atoms with E-state index in [-0.39, 0.29) is 23.6 Å². The lowest BCUT2D eigenvalue weighted by atomic mass is 10.1. The molecule has 1 amide bonds. The maximum absolute atomic E-state index is 12.7. The van der Waals surface area contributed by atoms with Gasteiger partial charge in [-0.2, -0.15) is 13.2 Å². The number of nitrogens with one attached hydrogen (secondary N) is 2. The summed E-state index contributed by atoms with van der Waals surface area (Å²) in [5.41, 5.74) is 0.235. The summed E-state index contributed by atoms with van der Waals surface area (Å²) >= 11 is 0. The summed E-state index contributed by atoms with van der Waals surface area (Å²) in [4.78, 5) is 31.0. The number of hydrogen-bond donors (Lipinski definition) is 2. The van der Waals surface area contributed by atoms with Gasteiger partial charge in [0.05, 0.1) is 12.2 Å². The van der Waals surface area contributed by atoms with Gasteiger partial charge in [-0.1, -0.05) is 19.9 Å². The van der Waals surface area contributed by atoms with Crippen LogP contribution in [0.5, 0.6) is 0 Å². The van der Waals surface area contributed by atoms with Crippen LogP contribution in [0.25, 0.3) is 10.9 Å². The standard InChI is InChI=1S/C15H15F3N2O3/c1-8(2)7-23-20-14(22)11-5-9-3-4-10(15(16,17)18)6-12(9)19-13(11)21/h3-6,8H,7H2,1-2H3,(H,19,21)(H,20,22). The molecular weight excluding hydrogens is 313 g/mol. The van der Waals surface area contributed by atoms with E-state index in [4.69, 9.17) is 4.84 Å². The number of hydroxylamine groups is 1. The van der Waals surface area contributed by atoms with Crippen molar-refractivity contribution in [1.82, 2.24) is 10.5 Å². The van der Waals surface area contributed by atoms with Crippen molar-refractivity contribution in [1.29, 1.82) is 0 Å². The fraction of sp³-hybridized carbons (Fsp3) is 0.333. The molecule has 8 heteroatoms. The molecule has 0 aliphatic rings. The lowest BCUT2D eigenvalue weighted by molar-refractivity contribution is -0.137. The van der Waals surface area contributed by atoms with Crippen LogP contribution in [0, 0.1) is 5.92 Å². The van der Waals surface area contributed by atoms with Gasteiger partial charge in [0.25, 0.3) is 11.5 Å². The molecule has 0 radical (unpaired) electrons. The zero-order valence-electron chi connectivity index (χ0n) is 12.5. The summed E-state index contributed by atoms with van der Waals surface area (Å²) in [6.45, 7) is 4.03. The second-order valence-corrected chi connectivity index (χ2v) is 5.45. The van der Waals surface area contributed by atoms with Crippen LogP contribution in [-0.4, -0.2) is 17.5 Å². The molecule has 0 atom stereocenters. The van der Waals surface area contributed by atoms with Crippen molar-refractivity contribution in [2.45, 2.75) is 20.0 Å². The van der Waals surface area contributed by atoms with E-state index in [0.717, 1.165) is 12.1 Å². The Kier molecular flexibility index (Phi) is 4.74. The molecular formula is C15H15F3N2O3. The lowest BCUT2D eigenvalue weighted by Gasteiger charge is -2.09. The summed E-state index contributed by atoms with van der Waals surface area (Å²) in [7, 11) is 0. The summed E-state index contributed by atoms with van der Waals surface area (Å²) < 4.78 is 38.0. The molecule has 2 aromatic rings. The zero-order valence-corrected chi connectivity index (χ0v) is 12.5. The number of carbonyl (C=O) groups is 1. The van der Waals surface area contributed by atoms with Crippen molar-refractivity contribution in [2.75, 3.05) is 6.61 Å². The maximum atomic E-state index is 12.7. The lowest BCUT2D eigenvalue weighted by Crippen LogP contribution is -2.30. The van der Waals surface area contributed by atoms with Gasteiger partial charge in [-0.15, -0.1) is 0 Å². The van der Waals surface area contributed by atoms with Gasteiger partial charge in [0.15, 0.2) is 0 Å². The van der Waals surface area contributed by atoms with E-state index >= 15 is 0 Å². The largest absolute Gasteiger partial charge is 0.416 e. The van der Waals surface area contributed by atoms with Gasteiger partial charge in [0.1, 0.15) is 5.56 Å². The van der Waals surface area contributed by atoms with Gasteiger partial charge in [-0.3, -0.25) is 14.4 Å². The first kappa shape index (κ1) is 17.0. The van der Waals surface area contributed by atoms with Crippen LogP contribution >= 0.6 is 0 Å². The third-order valence-corrected chi connectivity index (χ3v) is 3.00. The monoisotopic (exact) mass is 328 g/mol. The first-order valence-corrected chi connectivity index (χ1v) is 6.85. The van der Waals surface area contributed by atoms with E-state index in [9.17, 15) is 22.8 Å². The van der Waals surface area contributed by atoms with Crippen LogP contribution in [0.15, 0.2) is 29.1 Å². The van der Waals surface area contributed by atoms with Gasteiger partial charge in [0.2, 0.25) is 0 Å². The SMILES string of the molecule is CC(C)CONC(=O)c1cc2ccc(C(F)(F)F)cc2[nH]c1=O. The molecule has 0 unspecified atom stereocenters. The third kappa shape index (κ3) is 4.10. The zero-order chi connectivity index (χ0) is 17.2. The normalized spacial score (nSPS) is 11.9. The molecule has 0 aliphatic heterocycles. The Morgan fingerprint density at radius 3 is 2.61 bits per heavy atom. The predicted molar refractivity (Wildman–Crippen MR) is 77.8 cm³/mol. The Hall–Kier alpha value is -2.35. The molecule has 1 aromatic heterocycles. The molecule has 23 heavy (non-hydrogen) atoms. The molecule has 0 aliphatic carbocycles. The van der Waals surface area contributed by atoms with Gasteiger partial charge in [0, 0.05) is 5.52 Å². The maximum Gasteiger partial charge on any atom is 0.416 e. The second kappa shape index (κ2) is 6.41. The van der Waals surface area contributed by atoms with Crippen molar-refractivity contribution in [3.63, 3.8) is 0 Å². The van der Waals surface area contributed by atoms with Gasteiger partial charge in [-0.05, 0) is 29.5 Å². The van der Waals surface area contributed by atoms with Crippen molar-refractivity contribution in [3.8, 4) is 0 Å². The van der Waals surface area contributed by atoms with Gasteiger partial charge >= 0.3 is 6.18 Å². The molecule has 2 N–H and O–H groups in total. The average Bonchev–Trinajstić information content (AvgIpc) is 2.44. The highest BCUT2D eigenvalue weighted by Crippen LogP contribution is 2.30. The van der Waals surface area contributed by atoms with Crippen molar-refractivity contribution in [3.05, 3.63) is 45.7 Å². The number of alkyl halides is 3. The average molecular weight is 328 g/mol. The van der Waals surface area contributed by atoms with Crippen LogP contribution in [-0.2, 0) is 11.0 Å². The highest BCUT2D eigenvalue weighted by atomic mass is 19.4. The van der Waals surface area contributed by atoms with E-state index in [1.54, 1.807) is 0 Å². The van der Waals surface area contributed by atoms with E-state index in [2.05, 4.69) is 10.5 Å². The second-order valence-electron chi connectivity index (χ2n) is 5.45. The molecule has 1 heterocycles. The highest BCUT2D eigenvalue weighted by molar-refractivity contribution is 5.96. The van der Waals surface area contributed by atoms with Crippen molar-refractivity contribution in [2.24, 2.45) is 5.92 Å². The van der Waals surface area contributed by atoms with Gasteiger partial charge < -0.3 is 4.98 Å². The van der Waals surface area contributed by atoms with Crippen LogP contribution in [0.2, 0.25) is 0 Å². The molecule has 5 nitrogen and oxygen atoms in total. The summed E-state index contributed by atoms with van der Waals surface area (Å²) in [6, 6.07) is 4.13. The Bertz CT molecular complexity index is 782. The van der Waals surface area contributed by atoms with E-state index in [1.807, 2.05) is 13.8 Å². The van der Waals surface area contributed by atoms with Crippen molar-refractivity contribution >= 4 is 16.8 Å². The van der Waals surface area contributed by atoms with Crippen LogP contribution in [0.3, 0.4) is 0 Å². The molecule has 0 saturated carbocycles. The molecule has 0 fully saturated rings. The Balaban J connectivity index is 2.31. The quantitative estimate of drug-likeness (QED) is 0.848. The number of fused-ring (bicyclic) bond motifs is 1. The Morgan fingerprint density at radius 2 is 2.00 bits per heavy atom. The highest BCUT2D eigenvalue weighted by Gasteiger charge is 2.30. The first-order chi connectivity index (χ1) is 10.7. The third-order valence-electron chi connectivity index (χ3n) is 3.00. The molecule has 124 valence electrons. The fourth-order valence-corrected chi connectivity index (χ4v) is 1.87. The molecule has 1 aromatic carbocycles. The molecule has 0 bridgehead atoms. The summed E-state index contributed by atoms with van der Waals surface area (Å²) in [5.74, 6) is -0.570. The number of amides is 1. The van der Waals surface area contributed by atoms with E-state index < -0.39 is 23.2 Å². The minimum Gasteiger partial charge on any atom is -0.321 e. The number of halogens is 3. The van der Waals surface area contributed by atoms with E-state index in [0.29, 0.717) is 5.39 Å². The first-order valence-electron chi connectivity index (χ1n) is 6.85. The molecule has 0 saturated heterocycles. The number of benzene rings is 1. The topological polar surface area (TPSA) is 71.2 Å². The van der Waals surface area contributed by atoms with Crippen LogP contribution < -0.4 is 11.0 Å². The number of aromatic amines is 1. The fourth-order valence-electron chi connectivity index (χ4n) is 1.87. The number of pyridine rings is 1. The van der Waals surface area contributed by atoms with Crippen molar-refractivity contribution < 1.29 is 22.8 Å². The number of aromatic nitrogens is 1. The molecule has 0 spiro atoms. The molecule has 2 rings (SSSR count). The number of hydrogen-bond acceptors (Lipinski definition) is 3. The smallest absolute Gasteiger partial charge is 0.321 e. The Morgan fingerprint density at radius 1 is 1.30 bits per heavy atom.